The number of nitrogens with zero attached hydrogens (tertiary/aromatic N) is 2. The van der Waals surface area contributed by atoms with Gasteiger partial charge in [0, 0.05) is 56.0 Å². The zero-order valence-corrected chi connectivity index (χ0v) is 26.5. The van der Waals surface area contributed by atoms with Crippen LogP contribution in [0, 0.1) is 0 Å². The molecule has 1 aromatic heterocycles. The van der Waals surface area contributed by atoms with Gasteiger partial charge in [-0.25, -0.2) is 0 Å². The molecule has 0 atom stereocenters. The molecule has 7 heteroatoms. The van der Waals surface area contributed by atoms with Crippen LogP contribution in [0.15, 0.2) is 79.0 Å². The highest BCUT2D eigenvalue weighted by atomic mass is 16.5. The number of rotatable bonds is 18. The molecule has 0 radical (unpaired) electrons. The average Bonchev–Trinajstić information content (AvgIpc) is 3.46. The minimum atomic E-state index is -0.132. The smallest absolute Gasteiger partial charge is 0.254 e. The van der Waals surface area contributed by atoms with E-state index in [1.54, 1.807) is 12.0 Å². The molecule has 1 heterocycles. The van der Waals surface area contributed by atoms with E-state index in [9.17, 15) is 9.59 Å². The Morgan fingerprint density at radius 1 is 0.795 bits per heavy atom. The van der Waals surface area contributed by atoms with Crippen molar-refractivity contribution < 1.29 is 19.1 Å². The number of para-hydroxylation sites is 1. The molecular formula is C37H47N3O4. The van der Waals surface area contributed by atoms with Crippen LogP contribution in [0.5, 0.6) is 5.75 Å². The fourth-order valence-electron chi connectivity index (χ4n) is 5.46. The first-order valence-corrected chi connectivity index (χ1v) is 15.9. The SMILES string of the molecule is CCCCCc1ccc(C(=O)N(CCCOC)CC(=O)N(CCc2c[nH]c3ccccc23)Cc2ccc(OCC)cc2)cc1. The molecule has 0 aliphatic heterocycles. The fraction of sp³-hybridized carbons (Fsp3) is 0.405. The Bertz CT molecular complexity index is 1450. The molecule has 0 unspecified atom stereocenters. The van der Waals surface area contributed by atoms with Crippen molar-refractivity contribution in [1.82, 2.24) is 14.8 Å². The number of H-pyrrole nitrogens is 1. The number of aromatic nitrogens is 1. The summed E-state index contributed by atoms with van der Waals surface area (Å²) in [5, 5.41) is 1.16. The van der Waals surface area contributed by atoms with Crippen LogP contribution in [0.1, 0.15) is 66.6 Å². The summed E-state index contributed by atoms with van der Waals surface area (Å²) in [6.07, 6.45) is 7.90. The highest BCUT2D eigenvalue weighted by Gasteiger charge is 2.23. The summed E-state index contributed by atoms with van der Waals surface area (Å²) in [5.41, 5.74) is 5.09. The van der Waals surface area contributed by atoms with Gasteiger partial charge < -0.3 is 24.3 Å². The van der Waals surface area contributed by atoms with Gasteiger partial charge in [-0.3, -0.25) is 9.59 Å². The second kappa shape index (κ2) is 17.3. The molecule has 0 aliphatic rings. The van der Waals surface area contributed by atoms with Gasteiger partial charge in [0.15, 0.2) is 0 Å². The Morgan fingerprint density at radius 2 is 1.55 bits per heavy atom. The van der Waals surface area contributed by atoms with E-state index >= 15 is 0 Å². The van der Waals surface area contributed by atoms with E-state index in [-0.39, 0.29) is 18.4 Å². The first kappa shape index (κ1) is 32.8. The fourth-order valence-corrected chi connectivity index (χ4v) is 5.46. The molecular weight excluding hydrogens is 550 g/mol. The third-order valence-corrected chi connectivity index (χ3v) is 7.95. The molecule has 3 aromatic carbocycles. The van der Waals surface area contributed by atoms with E-state index in [1.807, 2.05) is 78.7 Å². The maximum atomic E-state index is 14.0. The van der Waals surface area contributed by atoms with Gasteiger partial charge in [-0.15, -0.1) is 0 Å². The van der Waals surface area contributed by atoms with Crippen molar-refractivity contribution in [3.63, 3.8) is 0 Å². The topological polar surface area (TPSA) is 74.9 Å². The molecule has 234 valence electrons. The van der Waals surface area contributed by atoms with Gasteiger partial charge in [-0.05, 0) is 79.6 Å². The van der Waals surface area contributed by atoms with Crippen LogP contribution < -0.4 is 4.74 Å². The van der Waals surface area contributed by atoms with E-state index in [4.69, 9.17) is 9.47 Å². The van der Waals surface area contributed by atoms with Crippen molar-refractivity contribution in [3.8, 4) is 5.75 Å². The molecule has 0 aliphatic carbocycles. The van der Waals surface area contributed by atoms with Crippen LogP contribution in [-0.4, -0.2) is 66.6 Å². The summed E-state index contributed by atoms with van der Waals surface area (Å²) in [7, 11) is 1.65. The normalized spacial score (nSPS) is 11.1. The van der Waals surface area contributed by atoms with Crippen molar-refractivity contribution >= 4 is 22.7 Å². The number of fused-ring (bicyclic) bond motifs is 1. The van der Waals surface area contributed by atoms with E-state index in [0.717, 1.165) is 40.6 Å². The lowest BCUT2D eigenvalue weighted by Crippen LogP contribution is -2.44. The number of carbonyl (C=O) groups is 2. The van der Waals surface area contributed by atoms with Gasteiger partial charge in [-0.1, -0.05) is 62.2 Å². The summed E-state index contributed by atoms with van der Waals surface area (Å²) in [4.78, 5) is 34.6. The summed E-state index contributed by atoms with van der Waals surface area (Å²) < 4.78 is 10.9. The number of methoxy groups -OCH3 is 1. The molecule has 0 saturated heterocycles. The largest absolute Gasteiger partial charge is 0.494 e. The Labute approximate surface area is 262 Å². The van der Waals surface area contributed by atoms with Crippen molar-refractivity contribution in [1.29, 1.82) is 0 Å². The molecule has 0 bridgehead atoms. The number of hydrogen-bond donors (Lipinski definition) is 1. The van der Waals surface area contributed by atoms with E-state index in [2.05, 4.69) is 24.0 Å². The molecule has 1 N–H and O–H groups in total. The van der Waals surface area contributed by atoms with Crippen LogP contribution in [0.25, 0.3) is 10.9 Å². The lowest BCUT2D eigenvalue weighted by atomic mass is 10.0. The van der Waals surface area contributed by atoms with Crippen molar-refractivity contribution in [2.24, 2.45) is 0 Å². The quantitative estimate of drug-likeness (QED) is 0.125. The molecule has 4 rings (SSSR count). The Morgan fingerprint density at radius 3 is 2.27 bits per heavy atom. The third kappa shape index (κ3) is 9.45. The average molecular weight is 598 g/mol. The number of benzene rings is 3. The third-order valence-electron chi connectivity index (χ3n) is 7.95. The van der Waals surface area contributed by atoms with E-state index < -0.39 is 0 Å². The Kier molecular flexibility index (Phi) is 12.9. The number of aryl methyl sites for hydroxylation is 1. The molecule has 0 spiro atoms. The van der Waals surface area contributed by atoms with Gasteiger partial charge >= 0.3 is 0 Å². The number of hydrogen-bond acceptors (Lipinski definition) is 4. The Balaban J connectivity index is 1.51. The zero-order valence-electron chi connectivity index (χ0n) is 26.5. The van der Waals surface area contributed by atoms with Crippen LogP contribution in [-0.2, 0) is 28.9 Å². The Hall–Kier alpha value is -4.10. The van der Waals surface area contributed by atoms with Gasteiger partial charge in [-0.2, -0.15) is 0 Å². The molecule has 0 fully saturated rings. The number of nitrogens with one attached hydrogen (secondary N) is 1. The number of unbranched alkanes of at least 4 members (excludes halogenated alkanes) is 2. The summed E-state index contributed by atoms with van der Waals surface area (Å²) in [6, 6.07) is 24.0. The second-order valence-corrected chi connectivity index (χ2v) is 11.2. The monoisotopic (exact) mass is 597 g/mol. The second-order valence-electron chi connectivity index (χ2n) is 11.2. The molecule has 2 amide bonds. The number of amides is 2. The lowest BCUT2D eigenvalue weighted by Gasteiger charge is -2.28. The van der Waals surface area contributed by atoms with E-state index in [0.29, 0.717) is 51.3 Å². The predicted octanol–water partition coefficient (Wildman–Crippen LogP) is 7.05. The first-order chi connectivity index (χ1) is 21.5. The highest BCUT2D eigenvalue weighted by molar-refractivity contribution is 5.96. The van der Waals surface area contributed by atoms with E-state index in [1.165, 1.54) is 18.4 Å². The highest BCUT2D eigenvalue weighted by Crippen LogP contribution is 2.20. The van der Waals surface area contributed by atoms with Crippen LogP contribution in [0.2, 0.25) is 0 Å². The van der Waals surface area contributed by atoms with Crippen LogP contribution >= 0.6 is 0 Å². The number of carbonyl (C=O) groups excluding carboxylic acids is 2. The standard InChI is InChI=1S/C37H47N3O4/c1-4-6-7-11-29-14-18-31(19-15-29)37(42)40(23-10-25-43-3)28-36(41)39(27-30-16-20-33(21-17-30)44-5-2)24-22-32-26-38-35-13-9-8-12-34(32)35/h8-9,12-21,26,38H,4-7,10-11,22-25,27-28H2,1-3H3. The molecule has 7 nitrogen and oxygen atoms in total. The van der Waals surface area contributed by atoms with Gasteiger partial charge in [0.2, 0.25) is 5.91 Å². The molecule has 4 aromatic rings. The lowest BCUT2D eigenvalue weighted by molar-refractivity contribution is -0.132. The summed E-state index contributed by atoms with van der Waals surface area (Å²) in [6.45, 7) is 6.69. The van der Waals surface area contributed by atoms with Gasteiger partial charge in [0.1, 0.15) is 12.3 Å². The van der Waals surface area contributed by atoms with Crippen molar-refractivity contribution in [2.45, 2.75) is 58.9 Å². The maximum Gasteiger partial charge on any atom is 0.254 e. The minimum Gasteiger partial charge on any atom is -0.494 e. The van der Waals surface area contributed by atoms with Gasteiger partial charge in [0.05, 0.1) is 6.61 Å². The number of ether oxygens (including phenoxy) is 2. The zero-order chi connectivity index (χ0) is 31.1. The van der Waals surface area contributed by atoms with Crippen molar-refractivity contribution in [2.75, 3.05) is 40.0 Å². The van der Waals surface area contributed by atoms with Crippen LogP contribution in [0.4, 0.5) is 0 Å². The molecule has 44 heavy (non-hydrogen) atoms. The first-order valence-electron chi connectivity index (χ1n) is 15.9. The summed E-state index contributed by atoms with van der Waals surface area (Å²) >= 11 is 0. The minimum absolute atomic E-state index is 0.00567. The maximum absolute atomic E-state index is 14.0. The number of aromatic amines is 1. The van der Waals surface area contributed by atoms with Crippen molar-refractivity contribution in [3.05, 3.63) is 101 Å². The van der Waals surface area contributed by atoms with Crippen LogP contribution in [0.3, 0.4) is 0 Å². The van der Waals surface area contributed by atoms with Gasteiger partial charge in [0.25, 0.3) is 5.91 Å². The predicted molar refractivity (Wildman–Crippen MR) is 177 cm³/mol. The summed E-state index contributed by atoms with van der Waals surface area (Å²) in [5.74, 6) is 0.590. The molecule has 0 saturated carbocycles.